The SMILES string of the molecule is CCOCCCn1c(SCC(=O)N(C)C2CCC(C)CC2)nc2cc(Cl)ccc2c1=O. The molecule has 1 heterocycles. The number of carbonyl (C=O) groups excluding carboxylic acids is 1. The molecule has 31 heavy (non-hydrogen) atoms. The van der Waals surface area contributed by atoms with Gasteiger partial charge in [0.25, 0.3) is 5.56 Å². The van der Waals surface area contributed by atoms with Crippen LogP contribution in [0.3, 0.4) is 0 Å². The predicted molar refractivity (Wildman–Crippen MR) is 127 cm³/mol. The van der Waals surface area contributed by atoms with Gasteiger partial charge in [-0.3, -0.25) is 14.2 Å². The molecule has 0 unspecified atom stereocenters. The maximum Gasteiger partial charge on any atom is 0.262 e. The number of nitrogens with zero attached hydrogens (tertiary/aromatic N) is 3. The quantitative estimate of drug-likeness (QED) is 0.307. The summed E-state index contributed by atoms with van der Waals surface area (Å²) >= 11 is 7.44. The Morgan fingerprint density at radius 3 is 2.77 bits per heavy atom. The van der Waals surface area contributed by atoms with Gasteiger partial charge in [-0.05, 0) is 63.1 Å². The number of hydrogen-bond donors (Lipinski definition) is 0. The van der Waals surface area contributed by atoms with Gasteiger partial charge in [0, 0.05) is 37.9 Å². The third kappa shape index (κ3) is 6.24. The van der Waals surface area contributed by atoms with E-state index in [1.807, 2.05) is 18.9 Å². The largest absolute Gasteiger partial charge is 0.382 e. The van der Waals surface area contributed by atoms with Crippen molar-refractivity contribution in [3.63, 3.8) is 0 Å². The molecule has 2 aromatic rings. The summed E-state index contributed by atoms with van der Waals surface area (Å²) in [4.78, 5) is 32.5. The highest BCUT2D eigenvalue weighted by atomic mass is 35.5. The highest BCUT2D eigenvalue weighted by Crippen LogP contribution is 2.27. The first kappa shape index (κ1) is 24.1. The summed E-state index contributed by atoms with van der Waals surface area (Å²) in [5, 5.41) is 1.62. The van der Waals surface area contributed by atoms with Crippen LogP contribution in [0.2, 0.25) is 5.02 Å². The number of amides is 1. The molecule has 0 atom stereocenters. The van der Waals surface area contributed by atoms with Crippen molar-refractivity contribution in [3.8, 4) is 0 Å². The molecule has 1 amide bonds. The van der Waals surface area contributed by atoms with Crippen LogP contribution >= 0.6 is 23.4 Å². The lowest BCUT2D eigenvalue weighted by Crippen LogP contribution is -2.40. The van der Waals surface area contributed by atoms with E-state index in [1.54, 1.807) is 22.8 Å². The Hall–Kier alpha value is -1.57. The van der Waals surface area contributed by atoms with Crippen molar-refractivity contribution in [2.45, 2.75) is 63.7 Å². The Kier molecular flexibility index (Phi) is 8.81. The summed E-state index contributed by atoms with van der Waals surface area (Å²) in [6.45, 7) is 5.94. The first-order valence-electron chi connectivity index (χ1n) is 11.1. The average Bonchev–Trinajstić information content (AvgIpc) is 2.76. The van der Waals surface area contributed by atoms with Crippen molar-refractivity contribution in [2.24, 2.45) is 5.92 Å². The van der Waals surface area contributed by atoms with Gasteiger partial charge in [0.2, 0.25) is 5.91 Å². The molecular formula is C23H32ClN3O3S. The summed E-state index contributed by atoms with van der Waals surface area (Å²) in [5.41, 5.74) is 0.450. The summed E-state index contributed by atoms with van der Waals surface area (Å²) in [6, 6.07) is 5.42. The van der Waals surface area contributed by atoms with Gasteiger partial charge in [-0.15, -0.1) is 0 Å². The van der Waals surface area contributed by atoms with E-state index in [-0.39, 0.29) is 17.2 Å². The Bertz CT molecular complexity index is 957. The maximum atomic E-state index is 13.1. The lowest BCUT2D eigenvalue weighted by molar-refractivity contribution is -0.129. The van der Waals surface area contributed by atoms with Crippen LogP contribution in [0, 0.1) is 5.92 Å². The number of benzene rings is 1. The van der Waals surface area contributed by atoms with Crippen LogP contribution in [0.15, 0.2) is 28.2 Å². The van der Waals surface area contributed by atoms with Gasteiger partial charge in [-0.1, -0.05) is 30.3 Å². The highest BCUT2D eigenvalue weighted by Gasteiger charge is 2.25. The van der Waals surface area contributed by atoms with Gasteiger partial charge in [-0.25, -0.2) is 4.98 Å². The number of carbonyl (C=O) groups is 1. The topological polar surface area (TPSA) is 64.4 Å². The minimum atomic E-state index is -0.109. The van der Waals surface area contributed by atoms with E-state index in [0.29, 0.717) is 53.3 Å². The van der Waals surface area contributed by atoms with E-state index < -0.39 is 0 Å². The first-order valence-corrected chi connectivity index (χ1v) is 12.4. The molecule has 170 valence electrons. The Morgan fingerprint density at radius 1 is 1.32 bits per heavy atom. The van der Waals surface area contributed by atoms with Gasteiger partial charge in [0.1, 0.15) is 0 Å². The number of aromatic nitrogens is 2. The molecule has 0 aliphatic heterocycles. The van der Waals surface area contributed by atoms with Gasteiger partial charge >= 0.3 is 0 Å². The molecule has 1 fully saturated rings. The van der Waals surface area contributed by atoms with Gasteiger partial charge in [0.05, 0.1) is 16.7 Å². The molecule has 6 nitrogen and oxygen atoms in total. The zero-order valence-electron chi connectivity index (χ0n) is 18.6. The minimum absolute atomic E-state index is 0.0749. The molecule has 1 aliphatic rings. The number of rotatable bonds is 9. The van der Waals surface area contributed by atoms with Crippen LogP contribution in [0.1, 0.15) is 46.0 Å². The molecule has 0 radical (unpaired) electrons. The van der Waals surface area contributed by atoms with E-state index in [0.717, 1.165) is 18.8 Å². The number of thioether (sulfide) groups is 1. The van der Waals surface area contributed by atoms with E-state index in [4.69, 9.17) is 16.3 Å². The maximum absolute atomic E-state index is 13.1. The third-order valence-corrected chi connectivity index (χ3v) is 7.20. The Balaban J connectivity index is 1.77. The monoisotopic (exact) mass is 465 g/mol. The van der Waals surface area contributed by atoms with Crippen LogP contribution in [-0.4, -0.2) is 52.4 Å². The van der Waals surface area contributed by atoms with Crippen LogP contribution in [0.5, 0.6) is 0 Å². The molecule has 1 aliphatic carbocycles. The van der Waals surface area contributed by atoms with Crippen molar-refractivity contribution in [1.29, 1.82) is 0 Å². The number of halogens is 1. The number of hydrogen-bond acceptors (Lipinski definition) is 5. The zero-order valence-corrected chi connectivity index (χ0v) is 20.2. The number of fused-ring (bicyclic) bond motifs is 1. The smallest absolute Gasteiger partial charge is 0.262 e. The molecule has 3 rings (SSSR count). The fourth-order valence-corrected chi connectivity index (χ4v) is 5.13. The average molecular weight is 466 g/mol. The predicted octanol–water partition coefficient (Wildman–Crippen LogP) is 4.61. The van der Waals surface area contributed by atoms with Crippen LogP contribution in [0.25, 0.3) is 10.9 Å². The summed E-state index contributed by atoms with van der Waals surface area (Å²) in [7, 11) is 1.90. The van der Waals surface area contributed by atoms with Crippen molar-refractivity contribution in [3.05, 3.63) is 33.6 Å². The second kappa shape index (κ2) is 11.3. The summed E-state index contributed by atoms with van der Waals surface area (Å²) in [5.74, 6) is 1.08. The van der Waals surface area contributed by atoms with E-state index >= 15 is 0 Å². The molecule has 0 spiro atoms. The molecule has 1 aromatic carbocycles. The third-order valence-electron chi connectivity index (χ3n) is 6.01. The lowest BCUT2D eigenvalue weighted by Gasteiger charge is -2.33. The normalized spacial score (nSPS) is 19.0. The lowest BCUT2D eigenvalue weighted by atomic mass is 9.87. The fourth-order valence-electron chi connectivity index (χ4n) is 4.01. The van der Waals surface area contributed by atoms with Gasteiger partial charge < -0.3 is 9.64 Å². The standard InChI is InChI=1S/C23H32ClN3O3S/c1-4-30-13-5-12-27-22(29)19-11-8-17(24)14-20(19)25-23(27)31-15-21(28)26(3)18-9-6-16(2)7-10-18/h8,11,14,16,18H,4-7,9-10,12-13,15H2,1-3H3. The Labute approximate surface area is 193 Å². The first-order chi connectivity index (χ1) is 14.9. The molecule has 0 saturated heterocycles. The van der Waals surface area contributed by atoms with Crippen LogP contribution in [-0.2, 0) is 16.1 Å². The van der Waals surface area contributed by atoms with Crippen molar-refractivity contribution < 1.29 is 9.53 Å². The molecule has 1 aromatic heterocycles. The van der Waals surface area contributed by atoms with Crippen LogP contribution < -0.4 is 5.56 Å². The Morgan fingerprint density at radius 2 is 2.06 bits per heavy atom. The van der Waals surface area contributed by atoms with Crippen molar-refractivity contribution >= 4 is 40.2 Å². The summed E-state index contributed by atoms with van der Waals surface area (Å²) < 4.78 is 7.08. The fraction of sp³-hybridized carbons (Fsp3) is 0.609. The summed E-state index contributed by atoms with van der Waals surface area (Å²) in [6.07, 6.45) is 5.16. The molecular weight excluding hydrogens is 434 g/mol. The molecule has 8 heteroatoms. The van der Waals surface area contributed by atoms with E-state index in [1.165, 1.54) is 24.6 Å². The highest BCUT2D eigenvalue weighted by molar-refractivity contribution is 7.99. The van der Waals surface area contributed by atoms with E-state index in [9.17, 15) is 9.59 Å². The second-order valence-corrected chi connectivity index (χ2v) is 9.65. The minimum Gasteiger partial charge on any atom is -0.382 e. The van der Waals surface area contributed by atoms with Gasteiger partial charge in [0.15, 0.2) is 5.16 Å². The zero-order chi connectivity index (χ0) is 22.4. The van der Waals surface area contributed by atoms with Gasteiger partial charge in [-0.2, -0.15) is 0 Å². The number of ether oxygens (including phenoxy) is 1. The second-order valence-electron chi connectivity index (χ2n) is 8.27. The van der Waals surface area contributed by atoms with Crippen molar-refractivity contribution in [2.75, 3.05) is 26.0 Å². The molecule has 0 bridgehead atoms. The van der Waals surface area contributed by atoms with E-state index in [2.05, 4.69) is 11.9 Å². The molecule has 1 saturated carbocycles. The van der Waals surface area contributed by atoms with Crippen molar-refractivity contribution in [1.82, 2.24) is 14.5 Å². The van der Waals surface area contributed by atoms with Crippen LogP contribution in [0.4, 0.5) is 0 Å². The molecule has 0 N–H and O–H groups in total.